The molecule has 4 rings (SSSR count). The van der Waals surface area contributed by atoms with Gasteiger partial charge < -0.3 is 14.5 Å². The van der Waals surface area contributed by atoms with Crippen LogP contribution < -0.4 is 4.90 Å². The van der Waals surface area contributed by atoms with Crippen molar-refractivity contribution in [1.29, 1.82) is 0 Å². The summed E-state index contributed by atoms with van der Waals surface area (Å²) in [4.78, 5) is 17.0. The minimum absolute atomic E-state index is 0.296. The maximum absolute atomic E-state index is 12.3. The molecule has 1 unspecified atom stereocenters. The number of para-hydroxylation sites is 1. The van der Waals surface area contributed by atoms with Gasteiger partial charge in [-0.25, -0.2) is 0 Å². The molecule has 0 N–H and O–H groups in total. The fraction of sp³-hybridized carbons (Fsp3) is 0.682. The maximum Gasteiger partial charge on any atom is 0.226 e. The van der Waals surface area contributed by atoms with Crippen LogP contribution in [0.5, 0.6) is 0 Å². The number of benzene rings is 1. The van der Waals surface area contributed by atoms with E-state index in [1.165, 1.54) is 37.9 Å². The van der Waals surface area contributed by atoms with Crippen molar-refractivity contribution in [1.82, 2.24) is 4.90 Å². The number of piperidine rings is 1. The Bertz CT molecular complexity index is 612. The lowest BCUT2D eigenvalue weighted by Gasteiger charge is -2.29. The summed E-state index contributed by atoms with van der Waals surface area (Å²) in [6, 6.07) is 8.52. The summed E-state index contributed by atoms with van der Waals surface area (Å²) in [5.41, 5.74) is 2.48. The highest BCUT2D eigenvalue weighted by Gasteiger charge is 2.30. The van der Waals surface area contributed by atoms with E-state index in [2.05, 4.69) is 29.2 Å². The number of carbonyl (C=O) groups is 1. The van der Waals surface area contributed by atoms with Crippen LogP contribution in [0.15, 0.2) is 24.3 Å². The number of anilines is 1. The highest BCUT2D eigenvalue weighted by Crippen LogP contribution is 2.31. The first kappa shape index (κ1) is 18.0. The Morgan fingerprint density at radius 3 is 2.69 bits per heavy atom. The molecule has 0 spiro atoms. The van der Waals surface area contributed by atoms with Gasteiger partial charge in [-0.2, -0.15) is 0 Å². The third kappa shape index (κ3) is 4.12. The molecule has 0 aromatic heterocycles. The topological polar surface area (TPSA) is 32.8 Å². The van der Waals surface area contributed by atoms with Crippen LogP contribution in [0.4, 0.5) is 5.69 Å². The van der Waals surface area contributed by atoms with E-state index in [1.54, 1.807) is 0 Å². The molecule has 0 radical (unpaired) electrons. The summed E-state index contributed by atoms with van der Waals surface area (Å²) in [6.07, 6.45) is 7.75. The summed E-state index contributed by atoms with van der Waals surface area (Å²) in [6.45, 7) is 6.38. The van der Waals surface area contributed by atoms with Crippen molar-refractivity contribution in [2.24, 2.45) is 11.8 Å². The van der Waals surface area contributed by atoms with Gasteiger partial charge in [-0.05, 0) is 68.5 Å². The normalized spacial score (nSPS) is 25.8. The number of rotatable bonds is 5. The molecule has 142 valence electrons. The molecule has 3 aliphatic rings. The van der Waals surface area contributed by atoms with Crippen LogP contribution in [0.3, 0.4) is 0 Å². The average molecular weight is 357 g/mol. The second-order valence-corrected chi connectivity index (χ2v) is 8.18. The summed E-state index contributed by atoms with van der Waals surface area (Å²) >= 11 is 0. The first-order chi connectivity index (χ1) is 12.8. The van der Waals surface area contributed by atoms with Crippen LogP contribution in [-0.2, 0) is 16.0 Å². The first-order valence-corrected chi connectivity index (χ1v) is 10.5. The van der Waals surface area contributed by atoms with E-state index in [1.807, 2.05) is 4.90 Å². The molecule has 0 saturated carbocycles. The van der Waals surface area contributed by atoms with Crippen molar-refractivity contribution >= 4 is 11.6 Å². The summed E-state index contributed by atoms with van der Waals surface area (Å²) in [5.74, 6) is 2.02. The molecule has 0 bridgehead atoms. The van der Waals surface area contributed by atoms with Crippen LogP contribution >= 0.6 is 0 Å². The standard InChI is InChI=1S/C22H32N2O2/c25-22-7-3-4-12-24(22)21-6-2-1-5-19(21)8-13-23-14-9-20(17-23)18-10-15-26-16-11-18/h1-2,5-6,18,20H,3-4,7-17H2. The molecule has 3 saturated heterocycles. The Labute approximate surface area is 157 Å². The highest BCUT2D eigenvalue weighted by atomic mass is 16.5. The third-order valence-corrected chi connectivity index (χ3v) is 6.54. The van der Waals surface area contributed by atoms with Crippen molar-refractivity contribution in [2.45, 2.75) is 44.9 Å². The van der Waals surface area contributed by atoms with Crippen LogP contribution in [0.1, 0.15) is 44.1 Å². The molecule has 1 amide bonds. The minimum Gasteiger partial charge on any atom is -0.381 e. The first-order valence-electron chi connectivity index (χ1n) is 10.5. The van der Waals surface area contributed by atoms with Crippen molar-refractivity contribution in [3.63, 3.8) is 0 Å². The predicted molar refractivity (Wildman–Crippen MR) is 104 cm³/mol. The summed E-state index contributed by atoms with van der Waals surface area (Å²) < 4.78 is 5.53. The largest absolute Gasteiger partial charge is 0.381 e. The van der Waals surface area contributed by atoms with Gasteiger partial charge in [0, 0.05) is 45.0 Å². The molecule has 3 fully saturated rings. The number of ether oxygens (including phenoxy) is 1. The van der Waals surface area contributed by atoms with Crippen molar-refractivity contribution in [3.8, 4) is 0 Å². The molecular weight excluding hydrogens is 324 g/mol. The molecule has 26 heavy (non-hydrogen) atoms. The molecule has 1 aromatic rings. The predicted octanol–water partition coefficient (Wildman–Crippen LogP) is 3.49. The van der Waals surface area contributed by atoms with E-state index in [4.69, 9.17) is 4.74 Å². The summed E-state index contributed by atoms with van der Waals surface area (Å²) in [5, 5.41) is 0. The zero-order chi connectivity index (χ0) is 17.8. The summed E-state index contributed by atoms with van der Waals surface area (Å²) in [7, 11) is 0. The van der Waals surface area contributed by atoms with Gasteiger partial charge in [-0.3, -0.25) is 4.79 Å². The van der Waals surface area contributed by atoms with E-state index in [-0.39, 0.29) is 0 Å². The van der Waals surface area contributed by atoms with Crippen molar-refractivity contribution < 1.29 is 9.53 Å². The third-order valence-electron chi connectivity index (χ3n) is 6.54. The van der Waals surface area contributed by atoms with Crippen molar-refractivity contribution in [2.75, 3.05) is 44.3 Å². The average Bonchev–Trinajstić information content (AvgIpc) is 3.17. The SMILES string of the molecule is O=C1CCCCN1c1ccccc1CCN1CCC(C2CCOCC2)C1. The molecule has 1 aromatic carbocycles. The molecule has 1 atom stereocenters. The molecule has 4 nitrogen and oxygen atoms in total. The van der Waals surface area contributed by atoms with Gasteiger partial charge in [-0.1, -0.05) is 18.2 Å². The van der Waals surface area contributed by atoms with Crippen LogP contribution in [0.2, 0.25) is 0 Å². The monoisotopic (exact) mass is 356 g/mol. The molecule has 4 heteroatoms. The number of likely N-dealkylation sites (tertiary alicyclic amines) is 1. The lowest BCUT2D eigenvalue weighted by atomic mass is 9.85. The Morgan fingerprint density at radius 2 is 1.85 bits per heavy atom. The van der Waals surface area contributed by atoms with E-state index < -0.39 is 0 Å². The Morgan fingerprint density at radius 1 is 1.00 bits per heavy atom. The van der Waals surface area contributed by atoms with Gasteiger partial charge in [0.05, 0.1) is 0 Å². The fourth-order valence-corrected chi connectivity index (χ4v) is 4.96. The van der Waals surface area contributed by atoms with Gasteiger partial charge in [0.1, 0.15) is 0 Å². The molecular formula is C22H32N2O2. The molecule has 0 aliphatic carbocycles. The number of hydrogen-bond donors (Lipinski definition) is 0. The highest BCUT2D eigenvalue weighted by molar-refractivity contribution is 5.94. The zero-order valence-electron chi connectivity index (χ0n) is 15.9. The van der Waals surface area contributed by atoms with Gasteiger partial charge in [0.15, 0.2) is 0 Å². The lowest BCUT2D eigenvalue weighted by molar-refractivity contribution is -0.119. The van der Waals surface area contributed by atoms with E-state index in [0.29, 0.717) is 12.3 Å². The van der Waals surface area contributed by atoms with Crippen LogP contribution in [0, 0.1) is 11.8 Å². The zero-order valence-corrected chi connectivity index (χ0v) is 15.9. The Balaban J connectivity index is 1.34. The number of amides is 1. The second kappa shape index (κ2) is 8.53. The second-order valence-electron chi connectivity index (χ2n) is 8.18. The molecule has 3 heterocycles. The lowest BCUT2D eigenvalue weighted by Crippen LogP contribution is -2.36. The van der Waals surface area contributed by atoms with E-state index in [0.717, 1.165) is 63.1 Å². The number of nitrogens with zero attached hydrogens (tertiary/aromatic N) is 2. The van der Waals surface area contributed by atoms with Gasteiger partial charge >= 0.3 is 0 Å². The van der Waals surface area contributed by atoms with E-state index in [9.17, 15) is 4.79 Å². The quantitative estimate of drug-likeness (QED) is 0.809. The molecule has 3 aliphatic heterocycles. The van der Waals surface area contributed by atoms with Gasteiger partial charge in [0.25, 0.3) is 0 Å². The van der Waals surface area contributed by atoms with Gasteiger partial charge in [-0.15, -0.1) is 0 Å². The minimum atomic E-state index is 0.296. The van der Waals surface area contributed by atoms with Crippen LogP contribution in [-0.4, -0.2) is 50.2 Å². The van der Waals surface area contributed by atoms with Gasteiger partial charge in [0.2, 0.25) is 5.91 Å². The smallest absolute Gasteiger partial charge is 0.226 e. The fourth-order valence-electron chi connectivity index (χ4n) is 4.96. The number of carbonyl (C=O) groups excluding carboxylic acids is 1. The van der Waals surface area contributed by atoms with Crippen LogP contribution in [0.25, 0.3) is 0 Å². The maximum atomic E-state index is 12.3. The number of hydrogen-bond acceptors (Lipinski definition) is 3. The van der Waals surface area contributed by atoms with Crippen molar-refractivity contribution in [3.05, 3.63) is 29.8 Å². The Hall–Kier alpha value is -1.39. The Kier molecular flexibility index (Phi) is 5.91. The van der Waals surface area contributed by atoms with E-state index >= 15 is 0 Å².